The van der Waals surface area contributed by atoms with Crippen LogP contribution in [-0.4, -0.2) is 25.0 Å². The Balaban J connectivity index is 0.00000176. The number of amides is 1. The molecule has 1 saturated heterocycles. The standard InChI is InChI=1S/C16H17FN2O2.ClH/c17-12-5-3-11(4-6-12)14-7-8-15(21-14)16(20)19-10-13-2-1-9-18-13;/h3-8,13,18H,1-2,9-10H2,(H,19,20);1H. The van der Waals surface area contributed by atoms with Gasteiger partial charge in [0.05, 0.1) is 0 Å². The molecule has 1 aromatic carbocycles. The fourth-order valence-corrected chi connectivity index (χ4v) is 2.46. The second kappa shape index (κ2) is 7.42. The molecule has 0 radical (unpaired) electrons. The Kier molecular flexibility index (Phi) is 5.57. The van der Waals surface area contributed by atoms with Crippen molar-refractivity contribution in [3.63, 3.8) is 0 Å². The molecule has 3 rings (SSSR count). The van der Waals surface area contributed by atoms with Crippen molar-refractivity contribution in [3.8, 4) is 11.3 Å². The smallest absolute Gasteiger partial charge is 0.287 e. The van der Waals surface area contributed by atoms with Gasteiger partial charge in [-0.2, -0.15) is 0 Å². The van der Waals surface area contributed by atoms with Crippen LogP contribution in [-0.2, 0) is 0 Å². The molecule has 1 aliphatic rings. The third-order valence-electron chi connectivity index (χ3n) is 3.63. The second-order valence-corrected chi connectivity index (χ2v) is 5.17. The van der Waals surface area contributed by atoms with E-state index < -0.39 is 0 Å². The van der Waals surface area contributed by atoms with Gasteiger partial charge in [0.2, 0.25) is 0 Å². The third-order valence-corrected chi connectivity index (χ3v) is 3.63. The van der Waals surface area contributed by atoms with Crippen LogP contribution in [0.25, 0.3) is 11.3 Å². The normalized spacial score (nSPS) is 17.0. The van der Waals surface area contributed by atoms with Crippen LogP contribution >= 0.6 is 12.4 Å². The minimum absolute atomic E-state index is 0. The van der Waals surface area contributed by atoms with Crippen molar-refractivity contribution in [2.75, 3.05) is 13.1 Å². The lowest BCUT2D eigenvalue weighted by Crippen LogP contribution is -2.37. The summed E-state index contributed by atoms with van der Waals surface area (Å²) < 4.78 is 18.4. The highest BCUT2D eigenvalue weighted by Gasteiger charge is 2.17. The molecule has 118 valence electrons. The summed E-state index contributed by atoms with van der Waals surface area (Å²) in [5.41, 5.74) is 0.743. The van der Waals surface area contributed by atoms with Crippen molar-refractivity contribution >= 4 is 18.3 Å². The number of rotatable bonds is 4. The lowest BCUT2D eigenvalue weighted by atomic mass is 10.2. The van der Waals surface area contributed by atoms with E-state index in [1.54, 1.807) is 24.3 Å². The number of hydrogen-bond acceptors (Lipinski definition) is 3. The summed E-state index contributed by atoms with van der Waals surface area (Å²) in [6, 6.07) is 9.68. The van der Waals surface area contributed by atoms with Gasteiger partial charge in [0.25, 0.3) is 5.91 Å². The van der Waals surface area contributed by atoms with Gasteiger partial charge < -0.3 is 15.1 Å². The zero-order valence-electron chi connectivity index (χ0n) is 12.0. The van der Waals surface area contributed by atoms with E-state index >= 15 is 0 Å². The van der Waals surface area contributed by atoms with Crippen molar-refractivity contribution in [3.05, 3.63) is 48.0 Å². The zero-order chi connectivity index (χ0) is 14.7. The molecule has 2 heterocycles. The molecular weight excluding hydrogens is 307 g/mol. The second-order valence-electron chi connectivity index (χ2n) is 5.17. The quantitative estimate of drug-likeness (QED) is 0.909. The van der Waals surface area contributed by atoms with E-state index in [-0.39, 0.29) is 29.9 Å². The van der Waals surface area contributed by atoms with Gasteiger partial charge in [-0.25, -0.2) is 4.39 Å². The molecule has 22 heavy (non-hydrogen) atoms. The topological polar surface area (TPSA) is 54.3 Å². The van der Waals surface area contributed by atoms with Crippen molar-refractivity contribution in [1.82, 2.24) is 10.6 Å². The first kappa shape index (κ1) is 16.5. The number of carbonyl (C=O) groups is 1. The van der Waals surface area contributed by atoms with Crippen LogP contribution in [0.4, 0.5) is 4.39 Å². The predicted molar refractivity (Wildman–Crippen MR) is 84.7 cm³/mol. The van der Waals surface area contributed by atoms with Gasteiger partial charge in [-0.15, -0.1) is 12.4 Å². The first-order chi connectivity index (χ1) is 10.2. The molecule has 1 amide bonds. The van der Waals surface area contributed by atoms with Crippen LogP contribution in [0.2, 0.25) is 0 Å². The van der Waals surface area contributed by atoms with Crippen LogP contribution in [0, 0.1) is 5.82 Å². The highest BCUT2D eigenvalue weighted by atomic mass is 35.5. The van der Waals surface area contributed by atoms with E-state index in [0.29, 0.717) is 18.3 Å². The number of hydrogen-bond donors (Lipinski definition) is 2. The maximum absolute atomic E-state index is 12.9. The molecular formula is C16H18ClFN2O2. The minimum atomic E-state index is -0.299. The number of furan rings is 1. The average Bonchev–Trinajstić information content (AvgIpc) is 3.17. The Bertz CT molecular complexity index is 621. The van der Waals surface area contributed by atoms with Gasteiger partial charge in [-0.05, 0) is 55.8 Å². The van der Waals surface area contributed by atoms with Gasteiger partial charge in [0, 0.05) is 18.2 Å². The average molecular weight is 325 g/mol. The predicted octanol–water partition coefficient (Wildman–Crippen LogP) is 2.99. The summed E-state index contributed by atoms with van der Waals surface area (Å²) in [6.45, 7) is 1.61. The van der Waals surface area contributed by atoms with Gasteiger partial charge in [-0.1, -0.05) is 0 Å². The van der Waals surface area contributed by atoms with E-state index in [4.69, 9.17) is 4.42 Å². The Hall–Kier alpha value is -1.85. The largest absolute Gasteiger partial charge is 0.451 e. The van der Waals surface area contributed by atoms with Crippen molar-refractivity contribution in [2.45, 2.75) is 18.9 Å². The highest BCUT2D eigenvalue weighted by molar-refractivity contribution is 5.92. The summed E-state index contributed by atoms with van der Waals surface area (Å²) in [5.74, 6) is 0.302. The summed E-state index contributed by atoms with van der Waals surface area (Å²) in [4.78, 5) is 12.0. The number of nitrogens with one attached hydrogen (secondary N) is 2. The summed E-state index contributed by atoms with van der Waals surface area (Å²) >= 11 is 0. The molecule has 0 saturated carbocycles. The van der Waals surface area contributed by atoms with E-state index in [0.717, 1.165) is 24.9 Å². The van der Waals surface area contributed by atoms with Gasteiger partial charge >= 0.3 is 0 Å². The van der Waals surface area contributed by atoms with Gasteiger partial charge in [-0.3, -0.25) is 4.79 Å². The van der Waals surface area contributed by atoms with E-state index in [1.807, 2.05) is 0 Å². The maximum Gasteiger partial charge on any atom is 0.287 e. The van der Waals surface area contributed by atoms with Crippen LogP contribution in [0.15, 0.2) is 40.8 Å². The monoisotopic (exact) mass is 324 g/mol. The molecule has 2 aromatic rings. The number of carbonyl (C=O) groups excluding carboxylic acids is 1. The molecule has 0 spiro atoms. The third kappa shape index (κ3) is 3.87. The Labute approximate surface area is 134 Å². The van der Waals surface area contributed by atoms with Crippen LogP contribution in [0.1, 0.15) is 23.4 Å². The molecule has 1 aliphatic heterocycles. The molecule has 1 aromatic heterocycles. The van der Waals surface area contributed by atoms with Crippen molar-refractivity contribution in [2.24, 2.45) is 0 Å². The summed E-state index contributed by atoms with van der Waals surface area (Å²) in [5, 5.41) is 6.18. The van der Waals surface area contributed by atoms with Crippen molar-refractivity contribution < 1.29 is 13.6 Å². The zero-order valence-corrected chi connectivity index (χ0v) is 12.8. The van der Waals surface area contributed by atoms with E-state index in [9.17, 15) is 9.18 Å². The summed E-state index contributed by atoms with van der Waals surface area (Å²) in [6.07, 6.45) is 2.23. The molecule has 2 N–H and O–H groups in total. The number of halogens is 2. The van der Waals surface area contributed by atoms with Gasteiger partial charge in [0.15, 0.2) is 5.76 Å². The molecule has 6 heteroatoms. The fraction of sp³-hybridized carbons (Fsp3) is 0.312. The Morgan fingerprint density at radius 2 is 2.05 bits per heavy atom. The Morgan fingerprint density at radius 1 is 1.27 bits per heavy atom. The van der Waals surface area contributed by atoms with Crippen LogP contribution < -0.4 is 10.6 Å². The molecule has 4 nitrogen and oxygen atoms in total. The Morgan fingerprint density at radius 3 is 2.73 bits per heavy atom. The molecule has 0 bridgehead atoms. The minimum Gasteiger partial charge on any atom is -0.451 e. The van der Waals surface area contributed by atoms with Crippen molar-refractivity contribution in [1.29, 1.82) is 0 Å². The maximum atomic E-state index is 12.9. The SMILES string of the molecule is Cl.O=C(NCC1CCCN1)c1ccc(-c2ccc(F)cc2)o1. The lowest BCUT2D eigenvalue weighted by Gasteiger charge is -2.10. The number of benzene rings is 1. The van der Waals surface area contributed by atoms with E-state index in [2.05, 4.69) is 10.6 Å². The molecule has 1 fully saturated rings. The molecule has 0 aliphatic carbocycles. The lowest BCUT2D eigenvalue weighted by molar-refractivity contribution is 0.0923. The first-order valence-corrected chi connectivity index (χ1v) is 7.10. The van der Waals surface area contributed by atoms with Crippen LogP contribution in [0.5, 0.6) is 0 Å². The first-order valence-electron chi connectivity index (χ1n) is 7.10. The molecule has 1 unspecified atom stereocenters. The summed E-state index contributed by atoms with van der Waals surface area (Å²) in [7, 11) is 0. The van der Waals surface area contributed by atoms with Crippen LogP contribution in [0.3, 0.4) is 0 Å². The van der Waals surface area contributed by atoms with Gasteiger partial charge in [0.1, 0.15) is 11.6 Å². The van der Waals surface area contributed by atoms with E-state index in [1.165, 1.54) is 12.1 Å². The highest BCUT2D eigenvalue weighted by Crippen LogP contribution is 2.22. The fourth-order valence-electron chi connectivity index (χ4n) is 2.46. The molecule has 1 atom stereocenters.